The monoisotopic (exact) mass is 278 g/mol. The Morgan fingerprint density at radius 1 is 1.25 bits per heavy atom. The van der Waals surface area contributed by atoms with Gasteiger partial charge in [0.25, 0.3) is 5.91 Å². The molecule has 0 atom stereocenters. The average molecular weight is 278 g/mol. The lowest BCUT2D eigenvalue weighted by Crippen LogP contribution is -2.48. The fourth-order valence-corrected chi connectivity index (χ4v) is 1.48. The number of benzene rings is 1. The van der Waals surface area contributed by atoms with E-state index in [2.05, 4.69) is 31.0 Å². The highest BCUT2D eigenvalue weighted by molar-refractivity contribution is 5.77. The maximum absolute atomic E-state index is 11.8. The van der Waals surface area contributed by atoms with Crippen molar-refractivity contribution in [2.24, 2.45) is 0 Å². The first-order valence-electron chi connectivity index (χ1n) is 6.86. The third kappa shape index (κ3) is 4.85. The van der Waals surface area contributed by atoms with Crippen molar-refractivity contribution < 1.29 is 9.53 Å². The maximum Gasteiger partial charge on any atom is 0.258 e. The van der Waals surface area contributed by atoms with Crippen LogP contribution in [-0.4, -0.2) is 43.6 Å². The van der Waals surface area contributed by atoms with Gasteiger partial charge in [-0.1, -0.05) is 6.07 Å². The smallest absolute Gasteiger partial charge is 0.258 e. The van der Waals surface area contributed by atoms with E-state index in [0.29, 0.717) is 6.54 Å². The average Bonchev–Trinajstić information content (AvgIpc) is 2.37. The van der Waals surface area contributed by atoms with Crippen LogP contribution in [-0.2, 0) is 4.79 Å². The zero-order chi connectivity index (χ0) is 15.3. The lowest BCUT2D eigenvalue weighted by atomic mass is 10.0. The molecule has 0 unspecified atom stereocenters. The maximum atomic E-state index is 11.8. The molecule has 1 aromatic rings. The van der Waals surface area contributed by atoms with E-state index in [9.17, 15) is 4.79 Å². The molecule has 20 heavy (non-hydrogen) atoms. The molecule has 0 aliphatic carbocycles. The molecular weight excluding hydrogens is 252 g/mol. The summed E-state index contributed by atoms with van der Waals surface area (Å²) in [6.45, 7) is 8.88. The number of hydrogen-bond acceptors (Lipinski definition) is 3. The molecule has 1 rings (SSSR count). The van der Waals surface area contributed by atoms with Crippen LogP contribution in [0.1, 0.15) is 25.0 Å². The molecule has 0 aliphatic rings. The molecule has 0 bridgehead atoms. The normalized spacial score (nSPS) is 11.6. The molecule has 4 nitrogen and oxygen atoms in total. The number of carbonyl (C=O) groups excluding carboxylic acids is 1. The van der Waals surface area contributed by atoms with Gasteiger partial charge in [0.2, 0.25) is 0 Å². The highest BCUT2D eigenvalue weighted by Crippen LogP contribution is 2.16. The van der Waals surface area contributed by atoms with Crippen LogP contribution in [0.4, 0.5) is 0 Å². The molecule has 0 heterocycles. The minimum atomic E-state index is -0.0989. The summed E-state index contributed by atoms with van der Waals surface area (Å²) < 4.78 is 5.50. The number of nitrogens with zero attached hydrogens (tertiary/aromatic N) is 1. The molecule has 0 saturated heterocycles. The lowest BCUT2D eigenvalue weighted by molar-refractivity contribution is -0.123. The summed E-state index contributed by atoms with van der Waals surface area (Å²) in [5, 5.41) is 2.89. The first-order chi connectivity index (χ1) is 9.22. The highest BCUT2D eigenvalue weighted by Gasteiger charge is 2.21. The first kappa shape index (κ1) is 16.5. The van der Waals surface area contributed by atoms with Crippen molar-refractivity contribution in [1.29, 1.82) is 0 Å². The van der Waals surface area contributed by atoms with E-state index in [-0.39, 0.29) is 18.1 Å². The largest absolute Gasteiger partial charge is 0.484 e. The Bertz CT molecular complexity index is 468. The standard InChI is InChI=1S/C16H26N2O2/c1-12-7-8-14(9-13(12)2)20-10-15(19)17-11-16(3,4)18(5)6/h7-9H,10-11H2,1-6H3,(H,17,19). The van der Waals surface area contributed by atoms with Crippen LogP contribution in [0.2, 0.25) is 0 Å². The van der Waals surface area contributed by atoms with E-state index in [0.717, 1.165) is 11.3 Å². The minimum absolute atomic E-state index is 0.0476. The lowest BCUT2D eigenvalue weighted by Gasteiger charge is -2.32. The highest BCUT2D eigenvalue weighted by atomic mass is 16.5. The number of carbonyl (C=O) groups is 1. The molecule has 4 heteroatoms. The van der Waals surface area contributed by atoms with Crippen molar-refractivity contribution in [2.45, 2.75) is 33.2 Å². The molecule has 1 N–H and O–H groups in total. The summed E-state index contributed by atoms with van der Waals surface area (Å²) in [6, 6.07) is 5.84. The Morgan fingerprint density at radius 2 is 1.90 bits per heavy atom. The minimum Gasteiger partial charge on any atom is -0.484 e. The molecule has 0 saturated carbocycles. The zero-order valence-corrected chi connectivity index (χ0v) is 13.4. The zero-order valence-electron chi connectivity index (χ0n) is 13.4. The molecule has 0 fully saturated rings. The molecule has 0 aliphatic heterocycles. The van der Waals surface area contributed by atoms with Crippen molar-refractivity contribution in [2.75, 3.05) is 27.2 Å². The predicted octanol–water partition coefficient (Wildman–Crippen LogP) is 2.14. The third-order valence-corrected chi connectivity index (χ3v) is 3.78. The summed E-state index contributed by atoms with van der Waals surface area (Å²) in [4.78, 5) is 13.9. The van der Waals surface area contributed by atoms with Crippen molar-refractivity contribution in [1.82, 2.24) is 10.2 Å². The van der Waals surface area contributed by atoms with Gasteiger partial charge in [-0.2, -0.15) is 0 Å². The number of amides is 1. The Labute approximate surface area is 122 Å². The van der Waals surface area contributed by atoms with Crippen LogP contribution in [0.3, 0.4) is 0 Å². The second-order valence-electron chi connectivity index (χ2n) is 6.02. The van der Waals surface area contributed by atoms with Gasteiger partial charge in [0, 0.05) is 12.1 Å². The number of likely N-dealkylation sites (N-methyl/N-ethyl adjacent to an activating group) is 1. The number of aryl methyl sites for hydroxylation is 2. The molecule has 112 valence electrons. The van der Waals surface area contributed by atoms with Crippen LogP contribution < -0.4 is 10.1 Å². The fraction of sp³-hybridized carbons (Fsp3) is 0.562. The number of ether oxygens (including phenoxy) is 1. The second kappa shape index (κ2) is 6.75. The molecule has 1 amide bonds. The Hall–Kier alpha value is -1.55. The SMILES string of the molecule is Cc1ccc(OCC(=O)NCC(C)(C)N(C)C)cc1C. The van der Waals surface area contributed by atoms with Gasteiger partial charge in [-0.05, 0) is 65.0 Å². The summed E-state index contributed by atoms with van der Waals surface area (Å²) in [5.41, 5.74) is 2.31. The molecule has 0 radical (unpaired) electrons. The van der Waals surface area contributed by atoms with E-state index in [1.807, 2.05) is 39.2 Å². The molecule has 0 aromatic heterocycles. The van der Waals surface area contributed by atoms with Crippen molar-refractivity contribution >= 4 is 5.91 Å². The molecule has 0 spiro atoms. The van der Waals surface area contributed by atoms with Gasteiger partial charge >= 0.3 is 0 Å². The molecular formula is C16H26N2O2. The Kier molecular flexibility index (Phi) is 5.57. The van der Waals surface area contributed by atoms with Gasteiger partial charge in [0.15, 0.2) is 6.61 Å². The summed E-state index contributed by atoms with van der Waals surface area (Å²) in [6.07, 6.45) is 0. The Balaban J connectivity index is 2.42. The van der Waals surface area contributed by atoms with Crippen molar-refractivity contribution in [3.8, 4) is 5.75 Å². The van der Waals surface area contributed by atoms with Gasteiger partial charge in [0.05, 0.1) is 0 Å². The number of hydrogen-bond donors (Lipinski definition) is 1. The first-order valence-corrected chi connectivity index (χ1v) is 6.86. The van der Waals surface area contributed by atoms with Crippen molar-refractivity contribution in [3.63, 3.8) is 0 Å². The van der Waals surface area contributed by atoms with Crippen LogP contribution in [0.25, 0.3) is 0 Å². The van der Waals surface area contributed by atoms with E-state index >= 15 is 0 Å². The van der Waals surface area contributed by atoms with E-state index < -0.39 is 0 Å². The second-order valence-corrected chi connectivity index (χ2v) is 6.02. The predicted molar refractivity (Wildman–Crippen MR) is 82.2 cm³/mol. The van der Waals surface area contributed by atoms with Gasteiger partial charge in [-0.25, -0.2) is 0 Å². The van der Waals surface area contributed by atoms with Gasteiger partial charge in [-0.3, -0.25) is 4.79 Å². The van der Waals surface area contributed by atoms with E-state index in [1.165, 1.54) is 5.56 Å². The third-order valence-electron chi connectivity index (χ3n) is 3.78. The van der Waals surface area contributed by atoms with Crippen LogP contribution in [0.5, 0.6) is 5.75 Å². The van der Waals surface area contributed by atoms with Crippen LogP contribution >= 0.6 is 0 Å². The van der Waals surface area contributed by atoms with E-state index in [4.69, 9.17) is 4.74 Å². The summed E-state index contributed by atoms with van der Waals surface area (Å²) in [7, 11) is 4.00. The van der Waals surface area contributed by atoms with Gasteiger partial charge in [0.1, 0.15) is 5.75 Å². The fourth-order valence-electron chi connectivity index (χ4n) is 1.48. The summed E-state index contributed by atoms with van der Waals surface area (Å²) in [5.74, 6) is 0.633. The topological polar surface area (TPSA) is 41.6 Å². The van der Waals surface area contributed by atoms with Gasteiger partial charge < -0.3 is 15.0 Å². The van der Waals surface area contributed by atoms with Crippen molar-refractivity contribution in [3.05, 3.63) is 29.3 Å². The Morgan fingerprint density at radius 3 is 2.45 bits per heavy atom. The number of nitrogens with one attached hydrogen (secondary N) is 1. The van der Waals surface area contributed by atoms with Gasteiger partial charge in [-0.15, -0.1) is 0 Å². The van der Waals surface area contributed by atoms with Crippen LogP contribution in [0.15, 0.2) is 18.2 Å². The summed E-state index contributed by atoms with van der Waals surface area (Å²) >= 11 is 0. The number of rotatable bonds is 6. The van der Waals surface area contributed by atoms with E-state index in [1.54, 1.807) is 0 Å². The quantitative estimate of drug-likeness (QED) is 0.867. The molecule has 1 aromatic carbocycles. The van der Waals surface area contributed by atoms with Crippen LogP contribution in [0, 0.1) is 13.8 Å².